The Morgan fingerprint density at radius 3 is 2.39 bits per heavy atom. The van der Waals surface area contributed by atoms with E-state index < -0.39 is 18.0 Å². The number of rotatable bonds is 4. The van der Waals surface area contributed by atoms with E-state index in [2.05, 4.69) is 33.2 Å². The smallest absolute Gasteiger partial charge is 0.326 e. The Hall–Kier alpha value is -1.31. The summed E-state index contributed by atoms with van der Waals surface area (Å²) in [6.07, 6.45) is 0. The van der Waals surface area contributed by atoms with Crippen LogP contribution in [0.2, 0.25) is 0 Å². The van der Waals surface area contributed by atoms with Crippen LogP contribution in [0.3, 0.4) is 0 Å². The van der Waals surface area contributed by atoms with Gasteiger partial charge in [0.25, 0.3) is 0 Å². The zero-order valence-electron chi connectivity index (χ0n) is 10.1. The molecule has 1 rings (SSSR count). The van der Waals surface area contributed by atoms with Crippen LogP contribution in [0.5, 0.6) is 0 Å². The van der Waals surface area contributed by atoms with E-state index in [-0.39, 0.29) is 5.92 Å². The normalized spacial score (nSPS) is 12.0. The number of para-hydroxylation sites is 1. The molecular weight excluding hydrogens is 347 g/mol. The van der Waals surface area contributed by atoms with Crippen LogP contribution in [0, 0.1) is 9.49 Å². The number of nitrogens with one attached hydrogen (secondary N) is 2. The topological polar surface area (TPSA) is 78.4 Å². The SMILES string of the molecule is CC(C)[C@H](NC(=O)Nc1ccccc1I)C(=O)O. The van der Waals surface area contributed by atoms with Crippen molar-refractivity contribution in [2.45, 2.75) is 19.9 Å². The van der Waals surface area contributed by atoms with E-state index in [1.54, 1.807) is 26.0 Å². The van der Waals surface area contributed by atoms with Gasteiger partial charge in [0.15, 0.2) is 0 Å². The molecule has 98 valence electrons. The highest BCUT2D eigenvalue weighted by Gasteiger charge is 2.23. The third-order valence-corrected chi connectivity index (χ3v) is 3.28. The molecule has 0 saturated heterocycles. The van der Waals surface area contributed by atoms with Crippen molar-refractivity contribution >= 4 is 40.3 Å². The first-order valence-corrected chi connectivity index (χ1v) is 6.54. The van der Waals surface area contributed by atoms with Crippen molar-refractivity contribution in [3.05, 3.63) is 27.8 Å². The number of carboxylic acids is 1. The lowest BCUT2D eigenvalue weighted by atomic mass is 10.1. The summed E-state index contributed by atoms with van der Waals surface area (Å²) < 4.78 is 0.890. The number of amides is 2. The van der Waals surface area contributed by atoms with Crippen molar-refractivity contribution in [1.29, 1.82) is 0 Å². The summed E-state index contributed by atoms with van der Waals surface area (Å²) in [7, 11) is 0. The number of hydrogen-bond donors (Lipinski definition) is 3. The second kappa shape index (κ2) is 6.58. The molecule has 0 heterocycles. The van der Waals surface area contributed by atoms with Crippen LogP contribution in [0.4, 0.5) is 10.5 Å². The third kappa shape index (κ3) is 4.17. The van der Waals surface area contributed by atoms with Gasteiger partial charge >= 0.3 is 12.0 Å². The second-order valence-corrected chi connectivity index (χ2v) is 5.30. The van der Waals surface area contributed by atoms with Crippen molar-refractivity contribution < 1.29 is 14.7 Å². The summed E-state index contributed by atoms with van der Waals surface area (Å²) in [6, 6.07) is 5.86. The van der Waals surface area contributed by atoms with E-state index in [4.69, 9.17) is 5.11 Å². The summed E-state index contributed by atoms with van der Waals surface area (Å²) in [5.41, 5.74) is 0.656. The van der Waals surface area contributed by atoms with Gasteiger partial charge in [-0.1, -0.05) is 26.0 Å². The summed E-state index contributed by atoms with van der Waals surface area (Å²) in [4.78, 5) is 22.6. The number of carboxylic acid groups (broad SMARTS) is 1. The number of anilines is 1. The third-order valence-electron chi connectivity index (χ3n) is 2.34. The second-order valence-electron chi connectivity index (χ2n) is 4.14. The number of hydrogen-bond acceptors (Lipinski definition) is 2. The van der Waals surface area contributed by atoms with E-state index >= 15 is 0 Å². The fraction of sp³-hybridized carbons (Fsp3) is 0.333. The van der Waals surface area contributed by atoms with Crippen LogP contribution >= 0.6 is 22.6 Å². The molecule has 0 radical (unpaired) electrons. The average Bonchev–Trinajstić information content (AvgIpc) is 2.28. The molecule has 0 saturated carbocycles. The van der Waals surface area contributed by atoms with Crippen molar-refractivity contribution in [3.8, 4) is 0 Å². The van der Waals surface area contributed by atoms with Crippen LogP contribution < -0.4 is 10.6 Å². The molecule has 1 aromatic rings. The molecule has 0 spiro atoms. The molecular formula is C12H15IN2O3. The van der Waals surface area contributed by atoms with E-state index in [1.807, 2.05) is 12.1 Å². The molecule has 0 fully saturated rings. The predicted octanol–water partition coefficient (Wildman–Crippen LogP) is 2.52. The van der Waals surface area contributed by atoms with Crippen LogP contribution in [0.25, 0.3) is 0 Å². The van der Waals surface area contributed by atoms with Gasteiger partial charge in [-0.25, -0.2) is 9.59 Å². The van der Waals surface area contributed by atoms with E-state index in [1.165, 1.54) is 0 Å². The maximum atomic E-state index is 11.7. The zero-order chi connectivity index (χ0) is 13.7. The molecule has 0 aliphatic rings. The minimum atomic E-state index is -1.04. The van der Waals surface area contributed by atoms with Crippen molar-refractivity contribution in [1.82, 2.24) is 5.32 Å². The molecule has 1 atom stereocenters. The first kappa shape index (κ1) is 14.7. The molecule has 0 aromatic heterocycles. The van der Waals surface area contributed by atoms with E-state index in [0.29, 0.717) is 5.69 Å². The summed E-state index contributed by atoms with van der Waals surface area (Å²) in [6.45, 7) is 3.48. The lowest BCUT2D eigenvalue weighted by Gasteiger charge is -2.18. The van der Waals surface area contributed by atoms with Gasteiger partial charge in [0, 0.05) is 3.57 Å². The zero-order valence-corrected chi connectivity index (χ0v) is 12.3. The summed E-state index contributed by atoms with van der Waals surface area (Å²) >= 11 is 2.10. The number of carbonyl (C=O) groups is 2. The molecule has 1 aromatic carbocycles. The van der Waals surface area contributed by atoms with Crippen LogP contribution in [0.15, 0.2) is 24.3 Å². The number of halogens is 1. The quantitative estimate of drug-likeness (QED) is 0.721. The molecule has 0 bridgehead atoms. The van der Waals surface area contributed by atoms with Gasteiger partial charge in [-0.3, -0.25) is 0 Å². The van der Waals surface area contributed by atoms with Crippen LogP contribution in [-0.2, 0) is 4.79 Å². The summed E-state index contributed by atoms with van der Waals surface area (Å²) in [5, 5.41) is 14.0. The first-order valence-electron chi connectivity index (χ1n) is 5.46. The molecule has 6 heteroatoms. The van der Waals surface area contributed by atoms with Gasteiger partial charge in [0.2, 0.25) is 0 Å². The average molecular weight is 362 g/mol. The molecule has 0 aliphatic heterocycles. The molecule has 0 unspecified atom stereocenters. The highest BCUT2D eigenvalue weighted by molar-refractivity contribution is 14.1. The predicted molar refractivity (Wildman–Crippen MR) is 77.6 cm³/mol. The standard InChI is InChI=1S/C12H15IN2O3/c1-7(2)10(11(16)17)15-12(18)14-9-6-4-3-5-8(9)13/h3-7,10H,1-2H3,(H,16,17)(H2,14,15,18)/t10-/m0/s1. The summed E-state index contributed by atoms with van der Waals surface area (Å²) in [5.74, 6) is -1.22. The Morgan fingerprint density at radius 2 is 1.89 bits per heavy atom. The van der Waals surface area contributed by atoms with Gasteiger partial charge in [0.05, 0.1) is 5.69 Å². The van der Waals surface area contributed by atoms with E-state index in [9.17, 15) is 9.59 Å². The highest BCUT2D eigenvalue weighted by Crippen LogP contribution is 2.16. The number of benzene rings is 1. The number of urea groups is 1. The lowest BCUT2D eigenvalue weighted by molar-refractivity contribution is -0.140. The maximum Gasteiger partial charge on any atom is 0.326 e. The molecule has 0 aliphatic carbocycles. The Balaban J connectivity index is 2.67. The maximum absolute atomic E-state index is 11.7. The minimum Gasteiger partial charge on any atom is -0.480 e. The fourth-order valence-electron chi connectivity index (χ4n) is 1.38. The Morgan fingerprint density at radius 1 is 1.28 bits per heavy atom. The van der Waals surface area contributed by atoms with Gasteiger partial charge in [-0.15, -0.1) is 0 Å². The van der Waals surface area contributed by atoms with Crippen molar-refractivity contribution in [2.75, 3.05) is 5.32 Å². The molecule has 2 amide bonds. The number of aliphatic carboxylic acids is 1. The first-order chi connectivity index (χ1) is 8.41. The van der Waals surface area contributed by atoms with Gasteiger partial charge in [-0.2, -0.15) is 0 Å². The lowest BCUT2D eigenvalue weighted by Crippen LogP contribution is -2.46. The van der Waals surface area contributed by atoms with Crippen molar-refractivity contribution in [2.24, 2.45) is 5.92 Å². The molecule has 3 N–H and O–H groups in total. The Bertz CT molecular complexity index is 449. The molecule has 5 nitrogen and oxygen atoms in total. The van der Waals surface area contributed by atoms with Crippen LogP contribution in [0.1, 0.15) is 13.8 Å². The van der Waals surface area contributed by atoms with Crippen LogP contribution in [-0.4, -0.2) is 23.1 Å². The highest BCUT2D eigenvalue weighted by atomic mass is 127. The Kier molecular flexibility index (Phi) is 5.39. The van der Waals surface area contributed by atoms with Crippen molar-refractivity contribution in [3.63, 3.8) is 0 Å². The van der Waals surface area contributed by atoms with E-state index in [0.717, 1.165) is 3.57 Å². The van der Waals surface area contributed by atoms with Gasteiger partial charge < -0.3 is 15.7 Å². The fourth-order valence-corrected chi connectivity index (χ4v) is 1.90. The minimum absolute atomic E-state index is 0.178. The monoisotopic (exact) mass is 362 g/mol. The van der Waals surface area contributed by atoms with Gasteiger partial charge in [-0.05, 0) is 40.6 Å². The largest absolute Gasteiger partial charge is 0.480 e. The number of carbonyl (C=O) groups excluding carboxylic acids is 1. The van der Waals surface area contributed by atoms with Gasteiger partial charge in [0.1, 0.15) is 6.04 Å². The molecule has 18 heavy (non-hydrogen) atoms. The Labute approximate surface area is 119 Å².